The summed E-state index contributed by atoms with van der Waals surface area (Å²) in [5.41, 5.74) is -2.64. The Balaban J connectivity index is 1.79. The fourth-order valence-corrected chi connectivity index (χ4v) is 4.76. The lowest BCUT2D eigenvalue weighted by molar-refractivity contribution is -0.170. The number of anilines is 2. The molecule has 3 aromatic rings. The summed E-state index contributed by atoms with van der Waals surface area (Å²) in [4.78, 5) is 23.5. The highest BCUT2D eigenvalue weighted by molar-refractivity contribution is 6.09. The number of aliphatic hydroxyl groups is 1. The molecule has 2 heterocycles. The van der Waals surface area contributed by atoms with Crippen molar-refractivity contribution in [1.29, 1.82) is 0 Å². The van der Waals surface area contributed by atoms with Crippen molar-refractivity contribution >= 4 is 28.3 Å². The number of alkyl halides is 2. The van der Waals surface area contributed by atoms with Crippen LogP contribution in [0.1, 0.15) is 63.2 Å². The second kappa shape index (κ2) is 8.95. The van der Waals surface area contributed by atoms with Crippen LogP contribution in [0.2, 0.25) is 0 Å². The van der Waals surface area contributed by atoms with Crippen LogP contribution in [-0.4, -0.2) is 40.2 Å². The number of aryl methyl sites for hydroxylation is 1. The average molecular weight is 517 g/mol. The minimum atomic E-state index is -3.81. The lowest BCUT2D eigenvalue weighted by atomic mass is 9.91. The molecule has 2 aromatic carbocycles. The number of amides is 1. The van der Waals surface area contributed by atoms with E-state index in [1.54, 1.807) is 40.0 Å². The van der Waals surface area contributed by atoms with Crippen LogP contribution in [0.4, 0.5) is 24.7 Å². The smallest absolute Gasteiger partial charge is 0.303 e. The average Bonchev–Trinajstić information content (AvgIpc) is 2.98. The van der Waals surface area contributed by atoms with Gasteiger partial charge in [-0.2, -0.15) is 8.78 Å². The second-order valence-corrected chi connectivity index (χ2v) is 10.0. The predicted molar refractivity (Wildman–Crippen MR) is 135 cm³/mol. The van der Waals surface area contributed by atoms with Crippen molar-refractivity contribution in [3.8, 4) is 0 Å². The van der Waals surface area contributed by atoms with Crippen LogP contribution < -0.4 is 10.2 Å². The first-order valence-electron chi connectivity index (χ1n) is 12.0. The molecular formula is C27H31F3N4O3. The SMILES string of the molecule is CCOC1(C)C(=O)N(C)c2cc3c(NC(C)c4cccc(C(F)(F)C(C)(C)O)c4F)nc(C)nc3cc21. The van der Waals surface area contributed by atoms with Gasteiger partial charge in [-0.3, -0.25) is 4.79 Å². The van der Waals surface area contributed by atoms with Gasteiger partial charge < -0.3 is 20.1 Å². The number of nitrogens with zero attached hydrogens (tertiary/aromatic N) is 3. The molecule has 0 radical (unpaired) electrons. The Morgan fingerprint density at radius 1 is 1.24 bits per heavy atom. The summed E-state index contributed by atoms with van der Waals surface area (Å²) in [7, 11) is 1.66. The standard InChI is InChI=1S/C27H31F3N4O3/c1-8-37-26(6)19-13-20-17(12-21(19)34(7)24(26)35)23(33-15(3)32-20)31-14(2)16-10-9-11-18(22(16)28)27(29,30)25(4,5)36/h9-14,36H,8H2,1-7H3,(H,31,32,33). The number of fused-ring (bicyclic) bond motifs is 2. The van der Waals surface area contributed by atoms with Gasteiger partial charge in [0.05, 0.1) is 22.8 Å². The highest BCUT2D eigenvalue weighted by Crippen LogP contribution is 2.45. The zero-order chi connectivity index (χ0) is 27.5. The van der Waals surface area contributed by atoms with Gasteiger partial charge in [0.15, 0.2) is 5.60 Å². The van der Waals surface area contributed by atoms with E-state index in [1.807, 2.05) is 6.92 Å². The van der Waals surface area contributed by atoms with Crippen LogP contribution in [0.25, 0.3) is 10.9 Å². The first-order valence-corrected chi connectivity index (χ1v) is 12.0. The van der Waals surface area contributed by atoms with Crippen LogP contribution in [0.3, 0.4) is 0 Å². The molecule has 1 aromatic heterocycles. The molecule has 1 amide bonds. The molecule has 10 heteroatoms. The molecule has 0 bridgehead atoms. The molecule has 7 nitrogen and oxygen atoms in total. The first-order chi connectivity index (χ1) is 17.1. The molecule has 2 atom stereocenters. The van der Waals surface area contributed by atoms with Gasteiger partial charge in [0.1, 0.15) is 23.1 Å². The number of hydrogen-bond donors (Lipinski definition) is 2. The Morgan fingerprint density at radius 2 is 1.92 bits per heavy atom. The van der Waals surface area contributed by atoms with Crippen molar-refractivity contribution in [3.63, 3.8) is 0 Å². The number of carbonyl (C=O) groups is 1. The number of halogens is 3. The predicted octanol–water partition coefficient (Wildman–Crippen LogP) is 5.34. The van der Waals surface area contributed by atoms with E-state index in [9.17, 15) is 18.7 Å². The maximum Gasteiger partial charge on any atom is 0.303 e. The molecule has 1 aliphatic heterocycles. The third-order valence-electron chi connectivity index (χ3n) is 6.90. The summed E-state index contributed by atoms with van der Waals surface area (Å²) in [6.45, 7) is 9.09. The molecule has 4 rings (SSSR count). The minimum absolute atomic E-state index is 0.0109. The third-order valence-corrected chi connectivity index (χ3v) is 6.90. The second-order valence-electron chi connectivity index (χ2n) is 10.0. The van der Waals surface area contributed by atoms with Crippen molar-refractivity contribution in [1.82, 2.24) is 9.97 Å². The number of benzene rings is 2. The van der Waals surface area contributed by atoms with Gasteiger partial charge in [0, 0.05) is 30.2 Å². The van der Waals surface area contributed by atoms with E-state index in [0.29, 0.717) is 40.4 Å². The van der Waals surface area contributed by atoms with Crippen LogP contribution in [-0.2, 0) is 21.1 Å². The molecular weight excluding hydrogens is 485 g/mol. The number of carbonyl (C=O) groups excluding carboxylic acids is 1. The highest BCUT2D eigenvalue weighted by Gasteiger charge is 2.49. The van der Waals surface area contributed by atoms with Crippen molar-refractivity contribution in [2.75, 3.05) is 23.9 Å². The first kappa shape index (κ1) is 26.8. The maximum atomic E-state index is 15.4. The van der Waals surface area contributed by atoms with E-state index in [2.05, 4.69) is 15.3 Å². The minimum Gasteiger partial charge on any atom is -0.384 e. The molecule has 0 spiro atoms. The number of hydrogen-bond acceptors (Lipinski definition) is 6. The van der Waals surface area contributed by atoms with Crippen molar-refractivity contribution < 1.29 is 27.8 Å². The van der Waals surface area contributed by atoms with E-state index >= 15 is 4.39 Å². The summed E-state index contributed by atoms with van der Waals surface area (Å²) < 4.78 is 50.8. The molecule has 0 fully saturated rings. The van der Waals surface area contributed by atoms with Gasteiger partial charge in [-0.1, -0.05) is 12.1 Å². The van der Waals surface area contributed by atoms with Crippen LogP contribution in [0.15, 0.2) is 30.3 Å². The summed E-state index contributed by atoms with van der Waals surface area (Å²) in [6, 6.07) is 6.51. The van der Waals surface area contributed by atoms with E-state index < -0.39 is 34.5 Å². The Bertz CT molecular complexity index is 1390. The molecule has 2 unspecified atom stereocenters. The molecule has 37 heavy (non-hydrogen) atoms. The lowest BCUT2D eigenvalue weighted by Crippen LogP contribution is -2.41. The van der Waals surface area contributed by atoms with Gasteiger partial charge in [0.2, 0.25) is 0 Å². The fraction of sp³-hybridized carbons (Fsp3) is 0.444. The summed E-state index contributed by atoms with van der Waals surface area (Å²) in [5.74, 6) is -4.33. The van der Waals surface area contributed by atoms with Crippen molar-refractivity contribution in [3.05, 3.63) is 58.7 Å². The van der Waals surface area contributed by atoms with Gasteiger partial charge in [0.25, 0.3) is 5.91 Å². The molecule has 198 valence electrons. The van der Waals surface area contributed by atoms with Crippen molar-refractivity contribution in [2.24, 2.45) is 0 Å². The largest absolute Gasteiger partial charge is 0.384 e. The van der Waals surface area contributed by atoms with Crippen LogP contribution in [0, 0.1) is 12.7 Å². The number of ether oxygens (including phenoxy) is 1. The van der Waals surface area contributed by atoms with Gasteiger partial charge in [-0.15, -0.1) is 0 Å². The monoisotopic (exact) mass is 516 g/mol. The van der Waals surface area contributed by atoms with E-state index in [0.717, 1.165) is 19.9 Å². The summed E-state index contributed by atoms with van der Waals surface area (Å²) >= 11 is 0. The molecule has 0 saturated heterocycles. The lowest BCUT2D eigenvalue weighted by Gasteiger charge is -2.30. The van der Waals surface area contributed by atoms with Gasteiger partial charge in [-0.05, 0) is 59.7 Å². The number of aromatic nitrogens is 2. The summed E-state index contributed by atoms with van der Waals surface area (Å²) in [6.07, 6.45) is 0. The van der Waals surface area contributed by atoms with E-state index in [4.69, 9.17) is 4.74 Å². The Kier molecular flexibility index (Phi) is 6.49. The van der Waals surface area contributed by atoms with Gasteiger partial charge >= 0.3 is 5.92 Å². The van der Waals surface area contributed by atoms with Crippen LogP contribution >= 0.6 is 0 Å². The molecule has 2 N–H and O–H groups in total. The molecule has 0 aliphatic carbocycles. The number of likely N-dealkylation sites (N-methyl/N-ethyl adjacent to an activating group) is 1. The summed E-state index contributed by atoms with van der Waals surface area (Å²) in [5, 5.41) is 13.6. The zero-order valence-electron chi connectivity index (χ0n) is 21.9. The highest BCUT2D eigenvalue weighted by atomic mass is 19.3. The van der Waals surface area contributed by atoms with E-state index in [1.165, 1.54) is 17.0 Å². The number of nitrogens with one attached hydrogen (secondary N) is 1. The topological polar surface area (TPSA) is 87.6 Å². The molecule has 0 saturated carbocycles. The Hall–Kier alpha value is -3.24. The maximum absolute atomic E-state index is 15.4. The fourth-order valence-electron chi connectivity index (χ4n) is 4.76. The Morgan fingerprint density at radius 3 is 2.54 bits per heavy atom. The normalized spacial score (nSPS) is 18.9. The van der Waals surface area contributed by atoms with E-state index in [-0.39, 0.29) is 11.5 Å². The molecule has 1 aliphatic rings. The number of rotatable bonds is 7. The quantitative estimate of drug-likeness (QED) is 0.441. The van der Waals surface area contributed by atoms with Gasteiger partial charge in [-0.25, -0.2) is 14.4 Å². The van der Waals surface area contributed by atoms with Crippen molar-refractivity contribution in [2.45, 2.75) is 64.7 Å². The Labute approximate surface area is 213 Å². The zero-order valence-corrected chi connectivity index (χ0v) is 21.9. The third kappa shape index (κ3) is 4.21. The van der Waals surface area contributed by atoms with Crippen LogP contribution in [0.5, 0.6) is 0 Å².